The Bertz CT molecular complexity index is 462. The van der Waals surface area contributed by atoms with Gasteiger partial charge in [-0.05, 0) is 37.5 Å². The Kier molecular flexibility index (Phi) is 6.74. The van der Waals surface area contributed by atoms with Crippen LogP contribution in [0.15, 0.2) is 0 Å². The molecule has 0 aromatic carbocycles. The summed E-state index contributed by atoms with van der Waals surface area (Å²) in [5.74, 6) is 1.25. The second kappa shape index (κ2) is 9.02. The number of carbonyl (C=O) groups excluding carboxylic acids is 2. The van der Waals surface area contributed by atoms with Crippen LogP contribution in [0.1, 0.15) is 71.1 Å². The molecule has 0 aromatic heterocycles. The molecule has 0 radical (unpaired) electrons. The lowest BCUT2D eigenvalue weighted by atomic mass is 9.83. The van der Waals surface area contributed by atoms with Crippen LogP contribution in [0, 0.1) is 11.8 Å². The van der Waals surface area contributed by atoms with E-state index in [1.54, 1.807) is 0 Å². The molecule has 2 amide bonds. The summed E-state index contributed by atoms with van der Waals surface area (Å²) < 4.78 is 5.73. The smallest absolute Gasteiger partial charge is 0.242 e. The van der Waals surface area contributed by atoms with Gasteiger partial charge in [-0.2, -0.15) is 0 Å². The Labute approximate surface area is 151 Å². The molecule has 3 fully saturated rings. The second-order valence-corrected chi connectivity index (χ2v) is 8.13. The fourth-order valence-electron chi connectivity index (χ4n) is 4.78. The fraction of sp³-hybridized carbons (Fsp3) is 0.900. The monoisotopic (exact) mass is 350 g/mol. The summed E-state index contributed by atoms with van der Waals surface area (Å²) in [5.41, 5.74) is 0. The highest BCUT2D eigenvalue weighted by Gasteiger charge is 2.36. The Morgan fingerprint density at radius 2 is 2.00 bits per heavy atom. The van der Waals surface area contributed by atoms with E-state index in [1.165, 1.54) is 32.1 Å². The van der Waals surface area contributed by atoms with E-state index in [2.05, 4.69) is 12.2 Å². The third kappa shape index (κ3) is 4.96. The van der Waals surface area contributed by atoms with Gasteiger partial charge in [0.1, 0.15) is 6.04 Å². The Hall–Kier alpha value is -1.10. The van der Waals surface area contributed by atoms with E-state index in [1.807, 2.05) is 4.90 Å². The summed E-state index contributed by atoms with van der Waals surface area (Å²) in [6.07, 6.45) is 11.0. The van der Waals surface area contributed by atoms with E-state index in [0.717, 1.165) is 32.3 Å². The number of ether oxygens (including phenoxy) is 1. The van der Waals surface area contributed by atoms with Crippen LogP contribution < -0.4 is 5.32 Å². The van der Waals surface area contributed by atoms with Crippen molar-refractivity contribution in [2.45, 2.75) is 83.3 Å². The van der Waals surface area contributed by atoms with Gasteiger partial charge in [0, 0.05) is 26.1 Å². The number of hydrogen-bond acceptors (Lipinski definition) is 3. The molecule has 3 unspecified atom stereocenters. The SMILES string of the molecule is CCC1CC(CC(=O)N2CCNC(=O)C2CC2CCCCC2)CCO1. The lowest BCUT2D eigenvalue weighted by Gasteiger charge is -2.39. The minimum absolute atomic E-state index is 0.0589. The molecule has 2 aliphatic heterocycles. The average molecular weight is 351 g/mol. The Morgan fingerprint density at radius 3 is 2.76 bits per heavy atom. The van der Waals surface area contributed by atoms with Crippen LogP contribution in [-0.2, 0) is 14.3 Å². The Morgan fingerprint density at radius 1 is 1.20 bits per heavy atom. The number of nitrogens with zero attached hydrogens (tertiary/aromatic N) is 1. The third-order valence-electron chi connectivity index (χ3n) is 6.33. The van der Waals surface area contributed by atoms with Crippen molar-refractivity contribution < 1.29 is 14.3 Å². The van der Waals surface area contributed by atoms with E-state index >= 15 is 0 Å². The van der Waals surface area contributed by atoms with E-state index in [4.69, 9.17) is 4.74 Å². The molecule has 1 aliphatic carbocycles. The highest BCUT2D eigenvalue weighted by Crippen LogP contribution is 2.30. The first kappa shape index (κ1) is 18.7. The Balaban J connectivity index is 1.58. The second-order valence-electron chi connectivity index (χ2n) is 8.13. The maximum absolute atomic E-state index is 13.0. The number of amides is 2. The summed E-state index contributed by atoms with van der Waals surface area (Å²) in [4.78, 5) is 27.3. The maximum atomic E-state index is 13.0. The van der Waals surface area contributed by atoms with Gasteiger partial charge in [-0.3, -0.25) is 9.59 Å². The number of hydrogen-bond donors (Lipinski definition) is 1. The summed E-state index contributed by atoms with van der Waals surface area (Å²) in [6.45, 7) is 4.17. The first-order valence-electron chi connectivity index (χ1n) is 10.4. The standard InChI is InChI=1S/C20H34N2O3/c1-2-17-12-16(8-11-25-17)14-19(23)22-10-9-21-20(24)18(22)13-15-6-4-3-5-7-15/h15-18H,2-14H2,1H3,(H,21,24). The van der Waals surface area contributed by atoms with Gasteiger partial charge in [0.15, 0.2) is 0 Å². The molecule has 1 saturated carbocycles. The first-order valence-corrected chi connectivity index (χ1v) is 10.4. The van der Waals surface area contributed by atoms with Gasteiger partial charge in [-0.25, -0.2) is 0 Å². The predicted octanol–water partition coefficient (Wildman–Crippen LogP) is 2.88. The normalized spacial score (nSPS) is 31.6. The summed E-state index contributed by atoms with van der Waals surface area (Å²) in [5, 5.41) is 2.97. The zero-order valence-electron chi connectivity index (χ0n) is 15.7. The molecule has 25 heavy (non-hydrogen) atoms. The van der Waals surface area contributed by atoms with Gasteiger partial charge in [-0.1, -0.05) is 39.0 Å². The third-order valence-corrected chi connectivity index (χ3v) is 6.33. The molecule has 2 heterocycles. The molecular weight excluding hydrogens is 316 g/mol. The van der Waals surface area contributed by atoms with E-state index in [9.17, 15) is 9.59 Å². The zero-order chi connectivity index (χ0) is 17.6. The van der Waals surface area contributed by atoms with Gasteiger partial charge < -0.3 is 15.0 Å². The van der Waals surface area contributed by atoms with Crippen molar-refractivity contribution >= 4 is 11.8 Å². The van der Waals surface area contributed by atoms with Crippen LogP contribution in [-0.4, -0.2) is 48.6 Å². The zero-order valence-corrected chi connectivity index (χ0v) is 15.7. The molecule has 2 saturated heterocycles. The van der Waals surface area contributed by atoms with Crippen LogP contribution >= 0.6 is 0 Å². The largest absolute Gasteiger partial charge is 0.378 e. The van der Waals surface area contributed by atoms with Gasteiger partial charge in [0.2, 0.25) is 11.8 Å². The number of nitrogens with one attached hydrogen (secondary N) is 1. The lowest BCUT2D eigenvalue weighted by Crippen LogP contribution is -2.58. The predicted molar refractivity (Wildman–Crippen MR) is 97.1 cm³/mol. The molecular formula is C20H34N2O3. The molecule has 3 rings (SSSR count). The van der Waals surface area contributed by atoms with E-state index < -0.39 is 0 Å². The van der Waals surface area contributed by atoms with Gasteiger partial charge in [0.25, 0.3) is 0 Å². The minimum Gasteiger partial charge on any atom is -0.378 e. The quantitative estimate of drug-likeness (QED) is 0.829. The highest BCUT2D eigenvalue weighted by atomic mass is 16.5. The van der Waals surface area contributed by atoms with Crippen LogP contribution in [0.3, 0.4) is 0 Å². The van der Waals surface area contributed by atoms with Crippen molar-refractivity contribution in [1.29, 1.82) is 0 Å². The van der Waals surface area contributed by atoms with Crippen molar-refractivity contribution in [1.82, 2.24) is 10.2 Å². The first-order chi connectivity index (χ1) is 12.2. The van der Waals surface area contributed by atoms with Gasteiger partial charge in [0.05, 0.1) is 6.10 Å². The molecule has 3 aliphatic rings. The van der Waals surface area contributed by atoms with Gasteiger partial charge in [-0.15, -0.1) is 0 Å². The molecule has 5 heteroatoms. The summed E-state index contributed by atoms with van der Waals surface area (Å²) in [7, 11) is 0. The number of carbonyl (C=O) groups is 2. The molecule has 142 valence electrons. The van der Waals surface area contributed by atoms with Crippen molar-refractivity contribution in [3.8, 4) is 0 Å². The van der Waals surface area contributed by atoms with Crippen LogP contribution in [0.25, 0.3) is 0 Å². The van der Waals surface area contributed by atoms with Crippen molar-refractivity contribution in [2.24, 2.45) is 11.8 Å². The van der Waals surface area contributed by atoms with Crippen LogP contribution in [0.2, 0.25) is 0 Å². The molecule has 1 N–H and O–H groups in total. The number of piperazine rings is 1. The highest BCUT2D eigenvalue weighted by molar-refractivity contribution is 5.88. The van der Waals surface area contributed by atoms with Crippen LogP contribution in [0.4, 0.5) is 0 Å². The van der Waals surface area contributed by atoms with Crippen molar-refractivity contribution in [3.63, 3.8) is 0 Å². The lowest BCUT2D eigenvalue weighted by molar-refractivity contribution is -0.145. The molecule has 0 spiro atoms. The maximum Gasteiger partial charge on any atom is 0.242 e. The van der Waals surface area contributed by atoms with E-state index in [0.29, 0.717) is 37.5 Å². The minimum atomic E-state index is -0.244. The average Bonchev–Trinajstić information content (AvgIpc) is 2.64. The molecule has 5 nitrogen and oxygen atoms in total. The fourth-order valence-corrected chi connectivity index (χ4v) is 4.78. The van der Waals surface area contributed by atoms with E-state index in [-0.39, 0.29) is 17.9 Å². The molecule has 0 bridgehead atoms. The topological polar surface area (TPSA) is 58.6 Å². The molecule has 0 aromatic rings. The summed E-state index contributed by atoms with van der Waals surface area (Å²) >= 11 is 0. The van der Waals surface area contributed by atoms with Crippen LogP contribution in [0.5, 0.6) is 0 Å². The summed E-state index contributed by atoms with van der Waals surface area (Å²) in [6, 6.07) is -0.244. The number of rotatable bonds is 5. The van der Waals surface area contributed by atoms with Crippen molar-refractivity contribution in [3.05, 3.63) is 0 Å². The molecule has 3 atom stereocenters. The van der Waals surface area contributed by atoms with Gasteiger partial charge >= 0.3 is 0 Å². The van der Waals surface area contributed by atoms with Crippen molar-refractivity contribution in [2.75, 3.05) is 19.7 Å².